The summed E-state index contributed by atoms with van der Waals surface area (Å²) in [6.45, 7) is 5.08. The summed E-state index contributed by atoms with van der Waals surface area (Å²) in [4.78, 5) is 27.6. The number of nitrogens with one attached hydrogen (secondary N) is 1. The highest BCUT2D eigenvalue weighted by atomic mass is 32.2. The van der Waals surface area contributed by atoms with E-state index in [1.807, 2.05) is 50.2 Å². The first kappa shape index (κ1) is 26.0. The molecule has 0 spiro atoms. The van der Waals surface area contributed by atoms with E-state index in [1.165, 1.54) is 24.1 Å². The molecule has 0 saturated heterocycles. The van der Waals surface area contributed by atoms with Crippen molar-refractivity contribution in [2.45, 2.75) is 38.3 Å². The van der Waals surface area contributed by atoms with Crippen LogP contribution in [0.4, 0.5) is 5.69 Å². The summed E-state index contributed by atoms with van der Waals surface area (Å²) in [5.41, 5.74) is 3.00. The smallest absolute Gasteiger partial charge is 0.264 e. The van der Waals surface area contributed by atoms with Crippen molar-refractivity contribution in [2.24, 2.45) is 0 Å². The van der Waals surface area contributed by atoms with Gasteiger partial charge in [-0.25, -0.2) is 8.42 Å². The van der Waals surface area contributed by atoms with Crippen LogP contribution in [0.2, 0.25) is 0 Å². The molecule has 0 bridgehead atoms. The van der Waals surface area contributed by atoms with Gasteiger partial charge in [-0.1, -0.05) is 60.2 Å². The molecule has 35 heavy (non-hydrogen) atoms. The van der Waals surface area contributed by atoms with Crippen molar-refractivity contribution >= 4 is 27.5 Å². The van der Waals surface area contributed by atoms with Crippen LogP contribution in [0.15, 0.2) is 83.8 Å². The van der Waals surface area contributed by atoms with E-state index in [4.69, 9.17) is 0 Å². The summed E-state index contributed by atoms with van der Waals surface area (Å²) >= 11 is 0. The fraction of sp³-hybridized carbons (Fsp3) is 0.259. The summed E-state index contributed by atoms with van der Waals surface area (Å²) in [6, 6.07) is 22.0. The predicted molar refractivity (Wildman–Crippen MR) is 137 cm³/mol. The van der Waals surface area contributed by atoms with Crippen molar-refractivity contribution in [3.05, 3.63) is 95.6 Å². The lowest BCUT2D eigenvalue weighted by molar-refractivity contribution is -0.139. The minimum atomic E-state index is -4.06. The molecular weight excluding hydrogens is 462 g/mol. The third kappa shape index (κ3) is 6.27. The van der Waals surface area contributed by atoms with E-state index in [0.717, 1.165) is 21.0 Å². The largest absolute Gasteiger partial charge is 0.357 e. The minimum absolute atomic E-state index is 0.0892. The van der Waals surface area contributed by atoms with Gasteiger partial charge in [-0.3, -0.25) is 13.9 Å². The van der Waals surface area contributed by atoms with Gasteiger partial charge >= 0.3 is 0 Å². The Morgan fingerprint density at radius 1 is 0.886 bits per heavy atom. The molecule has 0 aromatic heterocycles. The summed E-state index contributed by atoms with van der Waals surface area (Å²) in [6.07, 6.45) is 0. The third-order valence-corrected chi connectivity index (χ3v) is 7.58. The van der Waals surface area contributed by atoms with Crippen molar-refractivity contribution in [2.75, 3.05) is 17.9 Å². The van der Waals surface area contributed by atoms with E-state index in [9.17, 15) is 18.0 Å². The highest BCUT2D eigenvalue weighted by Crippen LogP contribution is 2.25. The molecule has 0 saturated carbocycles. The zero-order valence-electron chi connectivity index (χ0n) is 20.4. The number of carbonyl (C=O) groups is 2. The van der Waals surface area contributed by atoms with Crippen molar-refractivity contribution in [3.8, 4) is 0 Å². The number of nitrogens with zero attached hydrogens (tertiary/aromatic N) is 2. The molecule has 0 radical (unpaired) electrons. The number of carbonyl (C=O) groups excluding carboxylic acids is 2. The molecule has 7 nitrogen and oxygen atoms in total. The molecule has 3 aromatic rings. The molecule has 3 aromatic carbocycles. The Hall–Kier alpha value is -3.65. The standard InChI is InChI=1S/C27H31N3O4S/c1-20-13-15-25(16-14-20)35(33,34)30(24-12-8-9-21(2)17-24)19-26(31)29(22(3)27(32)28-4)18-23-10-6-5-7-11-23/h5-17,22H,18-19H2,1-4H3,(H,28,32). The Bertz CT molecular complexity index is 1280. The van der Waals surface area contributed by atoms with Gasteiger partial charge in [0, 0.05) is 13.6 Å². The van der Waals surface area contributed by atoms with Crippen LogP contribution in [0.5, 0.6) is 0 Å². The van der Waals surface area contributed by atoms with Crippen LogP contribution in [-0.2, 0) is 26.2 Å². The van der Waals surface area contributed by atoms with Gasteiger partial charge in [-0.2, -0.15) is 0 Å². The number of aryl methyl sites for hydroxylation is 2. The molecule has 0 aliphatic carbocycles. The number of likely N-dealkylation sites (N-methyl/N-ethyl adjacent to an activating group) is 1. The first-order valence-electron chi connectivity index (χ1n) is 11.3. The van der Waals surface area contributed by atoms with Crippen LogP contribution in [0, 0.1) is 13.8 Å². The van der Waals surface area contributed by atoms with E-state index in [-0.39, 0.29) is 17.3 Å². The van der Waals surface area contributed by atoms with Gasteiger partial charge in [-0.15, -0.1) is 0 Å². The quantitative estimate of drug-likeness (QED) is 0.493. The van der Waals surface area contributed by atoms with Crippen LogP contribution < -0.4 is 9.62 Å². The number of anilines is 1. The van der Waals surface area contributed by atoms with E-state index >= 15 is 0 Å². The second-order valence-electron chi connectivity index (χ2n) is 8.46. The lowest BCUT2D eigenvalue weighted by Gasteiger charge is -2.31. The fourth-order valence-corrected chi connectivity index (χ4v) is 5.13. The van der Waals surface area contributed by atoms with Crippen LogP contribution >= 0.6 is 0 Å². The van der Waals surface area contributed by atoms with Crippen molar-refractivity contribution in [1.82, 2.24) is 10.2 Å². The second-order valence-corrected chi connectivity index (χ2v) is 10.3. The van der Waals surface area contributed by atoms with Gasteiger partial charge in [0.1, 0.15) is 12.6 Å². The molecular formula is C27H31N3O4S. The molecule has 0 aliphatic rings. The SMILES string of the molecule is CNC(=O)C(C)N(Cc1ccccc1)C(=O)CN(c1cccc(C)c1)S(=O)(=O)c1ccc(C)cc1. The Kier molecular flexibility index (Phi) is 8.30. The maximum absolute atomic E-state index is 13.7. The van der Waals surface area contributed by atoms with Gasteiger partial charge in [0.15, 0.2) is 0 Å². The van der Waals surface area contributed by atoms with Gasteiger partial charge in [0.25, 0.3) is 10.0 Å². The molecule has 2 amide bonds. The van der Waals surface area contributed by atoms with Crippen molar-refractivity contribution < 1.29 is 18.0 Å². The number of amides is 2. The van der Waals surface area contributed by atoms with Gasteiger partial charge in [0.2, 0.25) is 11.8 Å². The average Bonchev–Trinajstić information content (AvgIpc) is 2.85. The van der Waals surface area contributed by atoms with Crippen LogP contribution in [0.1, 0.15) is 23.6 Å². The Balaban J connectivity index is 2.02. The van der Waals surface area contributed by atoms with Crippen LogP contribution in [0.25, 0.3) is 0 Å². The lowest BCUT2D eigenvalue weighted by Crippen LogP contribution is -2.50. The topological polar surface area (TPSA) is 86.8 Å². The second kappa shape index (κ2) is 11.2. The van der Waals surface area contributed by atoms with E-state index < -0.39 is 28.5 Å². The third-order valence-electron chi connectivity index (χ3n) is 5.79. The first-order chi connectivity index (χ1) is 16.6. The Morgan fingerprint density at radius 2 is 1.54 bits per heavy atom. The summed E-state index contributed by atoms with van der Waals surface area (Å²) in [5.74, 6) is -0.820. The van der Waals surface area contributed by atoms with E-state index in [0.29, 0.717) is 5.69 Å². The molecule has 8 heteroatoms. The van der Waals surface area contributed by atoms with Crippen LogP contribution in [-0.4, -0.2) is 44.8 Å². The first-order valence-corrected chi connectivity index (χ1v) is 12.8. The number of benzene rings is 3. The fourth-order valence-electron chi connectivity index (χ4n) is 3.72. The summed E-state index contributed by atoms with van der Waals surface area (Å²) < 4.78 is 28.5. The maximum Gasteiger partial charge on any atom is 0.264 e. The molecule has 1 unspecified atom stereocenters. The van der Waals surface area contributed by atoms with Crippen molar-refractivity contribution in [1.29, 1.82) is 0 Å². The normalized spacial score (nSPS) is 12.0. The number of rotatable bonds is 9. The molecule has 1 atom stereocenters. The molecule has 0 fully saturated rings. The maximum atomic E-state index is 13.7. The Morgan fingerprint density at radius 3 is 2.14 bits per heavy atom. The summed E-state index contributed by atoms with van der Waals surface area (Å²) in [7, 11) is -2.55. The Labute approximate surface area is 207 Å². The molecule has 0 heterocycles. The summed E-state index contributed by atoms with van der Waals surface area (Å²) in [5, 5.41) is 2.58. The molecule has 1 N–H and O–H groups in total. The molecule has 3 rings (SSSR count). The zero-order valence-corrected chi connectivity index (χ0v) is 21.2. The minimum Gasteiger partial charge on any atom is -0.357 e. The predicted octanol–water partition coefficient (Wildman–Crippen LogP) is 3.66. The average molecular weight is 494 g/mol. The van der Waals surface area contributed by atoms with Gasteiger partial charge in [-0.05, 0) is 56.2 Å². The number of hydrogen-bond donors (Lipinski definition) is 1. The zero-order chi connectivity index (χ0) is 25.6. The number of sulfonamides is 1. The highest BCUT2D eigenvalue weighted by Gasteiger charge is 2.32. The monoisotopic (exact) mass is 493 g/mol. The number of hydrogen-bond acceptors (Lipinski definition) is 4. The van der Waals surface area contributed by atoms with Crippen molar-refractivity contribution in [3.63, 3.8) is 0 Å². The van der Waals surface area contributed by atoms with Gasteiger partial charge in [0.05, 0.1) is 10.6 Å². The molecule has 184 valence electrons. The van der Waals surface area contributed by atoms with E-state index in [2.05, 4.69) is 5.32 Å². The molecule has 0 aliphatic heterocycles. The van der Waals surface area contributed by atoms with Crippen LogP contribution in [0.3, 0.4) is 0 Å². The van der Waals surface area contributed by atoms with E-state index in [1.54, 1.807) is 37.3 Å². The van der Waals surface area contributed by atoms with Gasteiger partial charge < -0.3 is 10.2 Å². The highest BCUT2D eigenvalue weighted by molar-refractivity contribution is 7.92. The lowest BCUT2D eigenvalue weighted by atomic mass is 10.1.